The standard InChI is InChI=1S/C32H22Br2N2O7/c33-26-15-21(16-27(34)28(26)43-18-20-6-8-22(9-7-20)31(39)40)14-25-29(37)35-32(41)36(30(25)38)23-10-12-24(13-11-23)42-17-19-4-2-1-3-5-19/h1-16H,17-18H2,(H,39,40)(H,35,37,41)/b25-14+. The van der Waals surface area contributed by atoms with Gasteiger partial charge >= 0.3 is 12.0 Å². The zero-order chi connectivity index (χ0) is 30.5. The molecule has 4 aromatic carbocycles. The predicted octanol–water partition coefficient (Wildman–Crippen LogP) is 6.73. The second-order valence-corrected chi connectivity index (χ2v) is 11.0. The van der Waals surface area contributed by atoms with Crippen LogP contribution in [-0.2, 0) is 22.8 Å². The molecule has 43 heavy (non-hydrogen) atoms. The summed E-state index contributed by atoms with van der Waals surface area (Å²) in [6.07, 6.45) is 1.39. The number of barbiturate groups is 1. The minimum absolute atomic E-state index is 0.172. The van der Waals surface area contributed by atoms with Gasteiger partial charge in [0.1, 0.15) is 30.3 Å². The van der Waals surface area contributed by atoms with Crippen LogP contribution in [0.2, 0.25) is 0 Å². The van der Waals surface area contributed by atoms with Crippen LogP contribution in [0.4, 0.5) is 10.5 Å². The highest BCUT2D eigenvalue weighted by Gasteiger charge is 2.37. The molecule has 216 valence electrons. The van der Waals surface area contributed by atoms with E-state index in [1.165, 1.54) is 18.2 Å². The molecular weight excluding hydrogens is 684 g/mol. The highest BCUT2D eigenvalue weighted by atomic mass is 79.9. The summed E-state index contributed by atoms with van der Waals surface area (Å²) in [5.41, 5.74) is 2.48. The summed E-state index contributed by atoms with van der Waals surface area (Å²) in [4.78, 5) is 50.7. The van der Waals surface area contributed by atoms with E-state index in [9.17, 15) is 19.2 Å². The summed E-state index contributed by atoms with van der Waals surface area (Å²) in [7, 11) is 0. The smallest absolute Gasteiger partial charge is 0.335 e. The average Bonchev–Trinajstić information content (AvgIpc) is 2.99. The Bertz CT molecular complexity index is 1720. The van der Waals surface area contributed by atoms with Crippen molar-refractivity contribution in [2.45, 2.75) is 13.2 Å². The van der Waals surface area contributed by atoms with E-state index in [-0.39, 0.29) is 23.4 Å². The van der Waals surface area contributed by atoms with Crippen molar-refractivity contribution in [1.82, 2.24) is 5.32 Å². The number of anilines is 1. The van der Waals surface area contributed by atoms with Gasteiger partial charge in [0.15, 0.2) is 0 Å². The summed E-state index contributed by atoms with van der Waals surface area (Å²) in [6.45, 7) is 0.533. The number of amides is 4. The van der Waals surface area contributed by atoms with Gasteiger partial charge in [0.2, 0.25) is 0 Å². The second kappa shape index (κ2) is 13.1. The van der Waals surface area contributed by atoms with Crippen LogP contribution >= 0.6 is 31.9 Å². The first kappa shape index (κ1) is 29.7. The largest absolute Gasteiger partial charge is 0.489 e. The first-order chi connectivity index (χ1) is 20.7. The van der Waals surface area contributed by atoms with Crippen LogP contribution in [-0.4, -0.2) is 28.9 Å². The molecule has 1 aliphatic rings. The van der Waals surface area contributed by atoms with Crippen molar-refractivity contribution in [2.24, 2.45) is 0 Å². The van der Waals surface area contributed by atoms with Crippen LogP contribution < -0.4 is 19.7 Å². The molecule has 1 fully saturated rings. The van der Waals surface area contributed by atoms with Gasteiger partial charge in [0, 0.05) is 0 Å². The van der Waals surface area contributed by atoms with E-state index in [0.29, 0.717) is 32.6 Å². The molecule has 0 saturated carbocycles. The van der Waals surface area contributed by atoms with E-state index in [4.69, 9.17) is 14.6 Å². The number of hydrogen-bond acceptors (Lipinski definition) is 6. The third kappa shape index (κ3) is 7.02. The molecule has 0 spiro atoms. The van der Waals surface area contributed by atoms with Crippen LogP contribution in [0, 0.1) is 0 Å². The Balaban J connectivity index is 1.31. The first-order valence-electron chi connectivity index (χ1n) is 12.8. The highest BCUT2D eigenvalue weighted by molar-refractivity contribution is 9.11. The number of imide groups is 2. The molecule has 4 amide bonds. The Labute approximate surface area is 263 Å². The number of rotatable bonds is 9. The minimum atomic E-state index is -1.01. The maximum atomic E-state index is 13.4. The molecule has 1 heterocycles. The fourth-order valence-corrected chi connectivity index (χ4v) is 5.64. The van der Waals surface area contributed by atoms with Crippen molar-refractivity contribution in [1.29, 1.82) is 0 Å². The quantitative estimate of drug-likeness (QED) is 0.146. The van der Waals surface area contributed by atoms with E-state index in [1.807, 2.05) is 30.3 Å². The second-order valence-electron chi connectivity index (χ2n) is 9.33. The van der Waals surface area contributed by atoms with Crippen molar-refractivity contribution in [2.75, 3.05) is 4.90 Å². The van der Waals surface area contributed by atoms with Gasteiger partial charge in [0.05, 0.1) is 20.2 Å². The summed E-state index contributed by atoms with van der Waals surface area (Å²) < 4.78 is 12.8. The molecule has 1 saturated heterocycles. The number of carboxylic acid groups (broad SMARTS) is 1. The van der Waals surface area contributed by atoms with Crippen LogP contribution in [0.15, 0.2) is 106 Å². The normalized spacial score (nSPS) is 14.0. The van der Waals surface area contributed by atoms with Crippen molar-refractivity contribution in [3.8, 4) is 11.5 Å². The number of carbonyl (C=O) groups excluding carboxylic acids is 3. The summed E-state index contributed by atoms with van der Waals surface area (Å²) >= 11 is 6.93. The van der Waals surface area contributed by atoms with E-state index >= 15 is 0 Å². The molecule has 5 rings (SSSR count). The number of urea groups is 1. The van der Waals surface area contributed by atoms with Crippen molar-refractivity contribution < 1.29 is 33.8 Å². The van der Waals surface area contributed by atoms with Crippen molar-refractivity contribution >= 4 is 67.4 Å². The number of aromatic carboxylic acids is 1. The molecule has 4 aromatic rings. The summed E-state index contributed by atoms with van der Waals surface area (Å²) in [5, 5.41) is 11.3. The average molecular weight is 706 g/mol. The molecule has 0 bridgehead atoms. The number of carboxylic acids is 1. The van der Waals surface area contributed by atoms with Gasteiger partial charge < -0.3 is 14.6 Å². The number of halogens is 2. The molecule has 0 aromatic heterocycles. The molecule has 0 unspecified atom stereocenters. The van der Waals surface area contributed by atoms with Crippen LogP contribution in [0.1, 0.15) is 27.0 Å². The number of ether oxygens (including phenoxy) is 2. The zero-order valence-corrected chi connectivity index (χ0v) is 25.4. The lowest BCUT2D eigenvalue weighted by Crippen LogP contribution is -2.54. The molecule has 0 radical (unpaired) electrons. The van der Waals surface area contributed by atoms with E-state index in [0.717, 1.165) is 16.0 Å². The Kier molecular flexibility index (Phi) is 9.03. The van der Waals surface area contributed by atoms with Crippen LogP contribution in [0.25, 0.3) is 6.08 Å². The van der Waals surface area contributed by atoms with E-state index in [2.05, 4.69) is 37.2 Å². The lowest BCUT2D eigenvalue weighted by molar-refractivity contribution is -0.122. The fraction of sp³-hybridized carbons (Fsp3) is 0.0625. The number of hydrogen-bond donors (Lipinski definition) is 2. The van der Waals surface area contributed by atoms with Gasteiger partial charge in [-0.1, -0.05) is 42.5 Å². The fourth-order valence-electron chi connectivity index (χ4n) is 4.19. The lowest BCUT2D eigenvalue weighted by atomic mass is 10.1. The van der Waals surface area contributed by atoms with Gasteiger partial charge in [-0.2, -0.15) is 0 Å². The Morgan fingerprint density at radius 2 is 1.42 bits per heavy atom. The number of nitrogens with one attached hydrogen (secondary N) is 1. The SMILES string of the molecule is O=C1NC(=O)N(c2ccc(OCc3ccccc3)cc2)C(=O)/C1=C/c1cc(Br)c(OCc2ccc(C(=O)O)cc2)c(Br)c1. The van der Waals surface area contributed by atoms with Crippen molar-refractivity contribution in [3.05, 3.63) is 128 Å². The van der Waals surface area contributed by atoms with Gasteiger partial charge in [-0.05, 0) is 103 Å². The minimum Gasteiger partial charge on any atom is -0.489 e. The molecule has 1 aliphatic heterocycles. The first-order valence-corrected chi connectivity index (χ1v) is 14.4. The Morgan fingerprint density at radius 1 is 0.814 bits per heavy atom. The predicted molar refractivity (Wildman–Crippen MR) is 166 cm³/mol. The van der Waals surface area contributed by atoms with Crippen LogP contribution in [0.3, 0.4) is 0 Å². The number of benzene rings is 4. The lowest BCUT2D eigenvalue weighted by Gasteiger charge is -2.26. The molecule has 9 nitrogen and oxygen atoms in total. The van der Waals surface area contributed by atoms with Gasteiger partial charge in [-0.25, -0.2) is 14.5 Å². The van der Waals surface area contributed by atoms with Crippen molar-refractivity contribution in [3.63, 3.8) is 0 Å². The topological polar surface area (TPSA) is 122 Å². The van der Waals surface area contributed by atoms with Crippen LogP contribution in [0.5, 0.6) is 11.5 Å². The Morgan fingerprint density at radius 3 is 2.05 bits per heavy atom. The highest BCUT2D eigenvalue weighted by Crippen LogP contribution is 2.36. The number of nitrogens with zero attached hydrogens (tertiary/aromatic N) is 1. The molecule has 2 N–H and O–H groups in total. The molecule has 0 atom stereocenters. The van der Waals surface area contributed by atoms with Gasteiger partial charge in [-0.15, -0.1) is 0 Å². The van der Waals surface area contributed by atoms with Gasteiger partial charge in [-0.3, -0.25) is 14.9 Å². The molecular formula is C32H22Br2N2O7. The maximum absolute atomic E-state index is 13.4. The molecule has 11 heteroatoms. The van der Waals surface area contributed by atoms with E-state index in [1.54, 1.807) is 48.5 Å². The van der Waals surface area contributed by atoms with Gasteiger partial charge in [0.25, 0.3) is 11.8 Å². The zero-order valence-electron chi connectivity index (χ0n) is 22.3. The number of carbonyl (C=O) groups is 4. The summed E-state index contributed by atoms with van der Waals surface area (Å²) in [6, 6.07) is 24.9. The van der Waals surface area contributed by atoms with E-state index < -0.39 is 23.8 Å². The molecule has 0 aliphatic carbocycles. The summed E-state index contributed by atoms with van der Waals surface area (Å²) in [5.74, 6) is -1.58. The third-order valence-electron chi connectivity index (χ3n) is 6.36. The maximum Gasteiger partial charge on any atom is 0.335 e. The monoisotopic (exact) mass is 704 g/mol. The Hall–Kier alpha value is -4.74. The third-order valence-corrected chi connectivity index (χ3v) is 7.54.